The summed E-state index contributed by atoms with van der Waals surface area (Å²) < 4.78 is 0. The van der Waals surface area contributed by atoms with Crippen molar-refractivity contribution in [3.63, 3.8) is 0 Å². The fourth-order valence-electron chi connectivity index (χ4n) is 1.04. The summed E-state index contributed by atoms with van der Waals surface area (Å²) in [6.07, 6.45) is 5.15. The first kappa shape index (κ1) is 7.50. The Balaban J connectivity index is 2.40. The molecule has 4 heteroatoms. The zero-order valence-corrected chi connectivity index (χ0v) is 6.73. The van der Waals surface area contributed by atoms with E-state index in [0.29, 0.717) is 5.69 Å². The summed E-state index contributed by atoms with van der Waals surface area (Å²) >= 11 is 0. The highest BCUT2D eigenvalue weighted by Gasteiger charge is 1.98. The van der Waals surface area contributed by atoms with Gasteiger partial charge in [-0.3, -0.25) is 5.10 Å². The van der Waals surface area contributed by atoms with E-state index in [0.717, 1.165) is 11.1 Å². The highest BCUT2D eigenvalue weighted by Crippen LogP contribution is 2.15. The van der Waals surface area contributed by atoms with Crippen molar-refractivity contribution in [2.45, 2.75) is 0 Å². The van der Waals surface area contributed by atoms with Gasteiger partial charge < -0.3 is 0 Å². The second kappa shape index (κ2) is 3.07. The maximum absolute atomic E-state index is 8.53. The minimum Gasteiger partial charge on any atom is -0.285 e. The highest BCUT2D eigenvalue weighted by molar-refractivity contribution is 5.60. The van der Waals surface area contributed by atoms with Crippen LogP contribution in [0.3, 0.4) is 0 Å². The van der Waals surface area contributed by atoms with E-state index in [4.69, 9.17) is 5.26 Å². The maximum Gasteiger partial charge on any atom is 0.140 e. The van der Waals surface area contributed by atoms with Crippen molar-refractivity contribution in [3.8, 4) is 17.2 Å². The number of rotatable bonds is 1. The molecule has 0 radical (unpaired) electrons. The van der Waals surface area contributed by atoms with Crippen molar-refractivity contribution in [1.29, 1.82) is 5.26 Å². The number of nitriles is 1. The van der Waals surface area contributed by atoms with Gasteiger partial charge in [-0.2, -0.15) is 10.4 Å². The maximum atomic E-state index is 8.53. The first-order valence-corrected chi connectivity index (χ1v) is 3.75. The lowest BCUT2D eigenvalue weighted by atomic mass is 10.1. The Morgan fingerprint density at radius 2 is 2.15 bits per heavy atom. The fraction of sp³-hybridized carbons (Fsp3) is 0. The van der Waals surface area contributed by atoms with Crippen molar-refractivity contribution < 1.29 is 0 Å². The van der Waals surface area contributed by atoms with Gasteiger partial charge in [0.05, 0.1) is 6.20 Å². The van der Waals surface area contributed by atoms with Crippen LogP contribution in [0.25, 0.3) is 11.1 Å². The van der Waals surface area contributed by atoms with E-state index in [2.05, 4.69) is 15.2 Å². The molecule has 0 unspecified atom stereocenters. The van der Waals surface area contributed by atoms with Crippen LogP contribution in [0.1, 0.15) is 5.69 Å². The van der Waals surface area contributed by atoms with Gasteiger partial charge in [0, 0.05) is 23.5 Å². The molecule has 0 spiro atoms. The third-order valence-electron chi connectivity index (χ3n) is 1.71. The molecular weight excluding hydrogens is 164 g/mol. The highest BCUT2D eigenvalue weighted by atomic mass is 15.1. The van der Waals surface area contributed by atoms with E-state index in [9.17, 15) is 0 Å². The summed E-state index contributed by atoms with van der Waals surface area (Å²) in [4.78, 5) is 3.95. The minimum absolute atomic E-state index is 0.423. The molecule has 2 rings (SSSR count). The molecule has 0 aliphatic carbocycles. The summed E-state index contributed by atoms with van der Waals surface area (Å²) in [6.45, 7) is 0. The van der Waals surface area contributed by atoms with Crippen molar-refractivity contribution in [2.75, 3.05) is 0 Å². The Bertz CT molecular complexity index is 422. The van der Waals surface area contributed by atoms with Gasteiger partial charge in [0.1, 0.15) is 11.8 Å². The average molecular weight is 170 g/mol. The topological polar surface area (TPSA) is 65.4 Å². The van der Waals surface area contributed by atoms with Crippen LogP contribution < -0.4 is 0 Å². The lowest BCUT2D eigenvalue weighted by Gasteiger charge is -1.94. The Morgan fingerprint density at radius 3 is 2.69 bits per heavy atom. The van der Waals surface area contributed by atoms with Gasteiger partial charge in [0.15, 0.2) is 0 Å². The van der Waals surface area contributed by atoms with Gasteiger partial charge in [-0.05, 0) is 12.1 Å². The van der Waals surface area contributed by atoms with Gasteiger partial charge in [-0.15, -0.1) is 0 Å². The van der Waals surface area contributed by atoms with Crippen LogP contribution in [0, 0.1) is 11.3 Å². The smallest absolute Gasteiger partial charge is 0.140 e. The number of aromatic amines is 1. The summed E-state index contributed by atoms with van der Waals surface area (Å²) in [7, 11) is 0. The van der Waals surface area contributed by atoms with Crippen LogP contribution in [0.4, 0.5) is 0 Å². The van der Waals surface area contributed by atoms with Crippen LogP contribution in [-0.4, -0.2) is 15.2 Å². The molecule has 0 saturated carbocycles. The quantitative estimate of drug-likeness (QED) is 0.702. The predicted octanol–water partition coefficient (Wildman–Crippen LogP) is 1.34. The molecule has 2 heterocycles. The van der Waals surface area contributed by atoms with Crippen LogP contribution in [0.15, 0.2) is 30.7 Å². The number of hydrogen-bond acceptors (Lipinski definition) is 3. The van der Waals surface area contributed by atoms with E-state index in [1.54, 1.807) is 24.7 Å². The van der Waals surface area contributed by atoms with Gasteiger partial charge in [0.2, 0.25) is 0 Å². The molecule has 4 nitrogen and oxygen atoms in total. The largest absolute Gasteiger partial charge is 0.285 e. The molecule has 1 N–H and O–H groups in total. The van der Waals surface area contributed by atoms with Crippen molar-refractivity contribution in [1.82, 2.24) is 15.2 Å². The molecule has 13 heavy (non-hydrogen) atoms. The van der Waals surface area contributed by atoms with Crippen LogP contribution in [0.2, 0.25) is 0 Å². The molecule has 2 aromatic heterocycles. The van der Waals surface area contributed by atoms with E-state index in [-0.39, 0.29) is 0 Å². The molecule has 2 aromatic rings. The monoisotopic (exact) mass is 170 g/mol. The second-order valence-corrected chi connectivity index (χ2v) is 2.53. The molecule has 0 saturated heterocycles. The van der Waals surface area contributed by atoms with Crippen molar-refractivity contribution >= 4 is 0 Å². The predicted molar refractivity (Wildman–Crippen MR) is 46.5 cm³/mol. The summed E-state index contributed by atoms with van der Waals surface area (Å²) in [5.41, 5.74) is 2.34. The van der Waals surface area contributed by atoms with Gasteiger partial charge in [-0.1, -0.05) is 0 Å². The molecule has 0 aliphatic rings. The van der Waals surface area contributed by atoms with Gasteiger partial charge in [0.25, 0.3) is 0 Å². The number of H-pyrrole nitrogens is 1. The molecule has 0 atom stereocenters. The lowest BCUT2D eigenvalue weighted by molar-refractivity contribution is 1.09. The Hall–Kier alpha value is -2.15. The molecule has 0 fully saturated rings. The molecule has 0 aliphatic heterocycles. The summed E-state index contributed by atoms with van der Waals surface area (Å²) in [5.74, 6) is 0. The number of aromatic nitrogens is 3. The standard InChI is InChI=1S/C9H6N4/c10-3-9-2-1-7(4-11-9)8-5-12-13-6-8/h1-2,4-6H,(H,12,13). The zero-order valence-electron chi connectivity index (χ0n) is 6.73. The van der Waals surface area contributed by atoms with E-state index in [1.807, 2.05) is 12.1 Å². The molecule has 0 aromatic carbocycles. The molecule has 0 bridgehead atoms. The molecular formula is C9H6N4. The zero-order chi connectivity index (χ0) is 9.10. The van der Waals surface area contributed by atoms with E-state index >= 15 is 0 Å². The summed E-state index contributed by atoms with van der Waals surface area (Å²) in [5, 5.41) is 15.1. The molecule has 62 valence electrons. The van der Waals surface area contributed by atoms with Gasteiger partial charge >= 0.3 is 0 Å². The number of hydrogen-bond donors (Lipinski definition) is 1. The summed E-state index contributed by atoms with van der Waals surface area (Å²) in [6, 6.07) is 5.49. The van der Waals surface area contributed by atoms with Crippen LogP contribution in [-0.2, 0) is 0 Å². The first-order chi connectivity index (χ1) is 6.40. The van der Waals surface area contributed by atoms with Crippen LogP contribution >= 0.6 is 0 Å². The number of nitrogens with zero attached hydrogens (tertiary/aromatic N) is 3. The Labute approximate surface area is 74.9 Å². The van der Waals surface area contributed by atoms with Crippen molar-refractivity contribution in [3.05, 3.63) is 36.4 Å². The second-order valence-electron chi connectivity index (χ2n) is 2.53. The minimum atomic E-state index is 0.423. The number of nitrogens with one attached hydrogen (secondary N) is 1. The Morgan fingerprint density at radius 1 is 1.23 bits per heavy atom. The first-order valence-electron chi connectivity index (χ1n) is 3.75. The van der Waals surface area contributed by atoms with Crippen molar-refractivity contribution in [2.24, 2.45) is 0 Å². The number of pyridine rings is 1. The third kappa shape index (κ3) is 1.40. The Kier molecular flexibility index (Phi) is 1.77. The molecule has 0 amide bonds. The normalized spacial score (nSPS) is 9.46. The fourth-order valence-corrected chi connectivity index (χ4v) is 1.04. The van der Waals surface area contributed by atoms with E-state index in [1.165, 1.54) is 0 Å². The third-order valence-corrected chi connectivity index (χ3v) is 1.71. The lowest BCUT2D eigenvalue weighted by Crippen LogP contribution is -1.81. The SMILES string of the molecule is N#Cc1ccc(-c2cn[nH]c2)cn1. The van der Waals surface area contributed by atoms with Crippen LogP contribution in [0.5, 0.6) is 0 Å². The van der Waals surface area contributed by atoms with Gasteiger partial charge in [-0.25, -0.2) is 4.98 Å². The van der Waals surface area contributed by atoms with E-state index < -0.39 is 0 Å². The average Bonchev–Trinajstić information content (AvgIpc) is 2.71.